The third-order valence-corrected chi connectivity index (χ3v) is 13.2. The van der Waals surface area contributed by atoms with E-state index in [1.54, 1.807) is 0 Å². The molecule has 0 amide bonds. The molecular formula is C23H33N9O17P3S+. The largest absolute Gasteiger partial charge is 0.488 e. The van der Waals surface area contributed by atoms with E-state index in [0.29, 0.717) is 0 Å². The Balaban J connectivity index is 1.06. The Kier molecular flexibility index (Phi) is 11.0. The van der Waals surface area contributed by atoms with E-state index >= 15 is 0 Å². The Morgan fingerprint density at radius 2 is 1.58 bits per heavy atom. The Morgan fingerprint density at radius 3 is 2.28 bits per heavy atom. The fourth-order valence-corrected chi connectivity index (χ4v) is 10.3. The number of hydrogen-bond donors (Lipinski definition) is 9. The van der Waals surface area contributed by atoms with Crippen LogP contribution in [0.1, 0.15) is 18.3 Å². The van der Waals surface area contributed by atoms with E-state index in [1.807, 2.05) is 0 Å². The minimum absolute atomic E-state index is 0.0126. The van der Waals surface area contributed by atoms with Crippen molar-refractivity contribution < 1.29 is 75.6 Å². The summed E-state index contributed by atoms with van der Waals surface area (Å²) in [5.74, 6) is -0.00286. The molecular weight excluding hydrogens is 799 g/mol. The molecule has 11 atom stereocenters. The maximum atomic E-state index is 12.7. The molecule has 2 fully saturated rings. The number of nitrogens with two attached hydrogens (primary N) is 1. The number of anilines is 1. The Hall–Kier alpha value is -2.91. The summed E-state index contributed by atoms with van der Waals surface area (Å²) in [6.45, 7) is -5.05. The van der Waals surface area contributed by atoms with Crippen LogP contribution in [0.3, 0.4) is 0 Å². The highest BCUT2D eigenvalue weighted by Crippen LogP contribution is 2.68. The topological polar surface area (TPSA) is 364 Å². The molecule has 0 bridgehead atoms. The lowest BCUT2D eigenvalue weighted by Crippen LogP contribution is -2.35. The van der Waals surface area contributed by atoms with Gasteiger partial charge in [0.05, 0.1) is 26.6 Å². The molecule has 30 heteroatoms. The number of hydrogen-bond acceptors (Lipinski definition) is 19. The maximum Gasteiger partial charge on any atom is 0.488 e. The molecule has 26 nitrogen and oxygen atoms in total. The molecule has 2 aliphatic heterocycles. The molecule has 2 aliphatic rings. The van der Waals surface area contributed by atoms with E-state index in [4.69, 9.17) is 40.8 Å². The first-order valence-electron chi connectivity index (χ1n) is 15.0. The number of aromatic nitrogens is 8. The SMILES string of the molecule is COC1[C@@H](COP(=O)(O)OP(=O)(O)OP(O)(=S)OC[C@H]2O[C@@H](n3c[n+](C)c4c(=O)[nH]c(N)nc43)[C@@H](O)C2O)O[C@@H](n2cnc3c(=O)[nH]c(C)nc32)[C@H]1O. The maximum absolute atomic E-state index is 12.7. The van der Waals surface area contributed by atoms with Gasteiger partial charge in [-0.15, -0.1) is 0 Å². The monoisotopic (exact) mass is 832 g/mol. The van der Waals surface area contributed by atoms with Gasteiger partial charge in [0.1, 0.15) is 42.4 Å². The first kappa shape index (κ1) is 39.8. The van der Waals surface area contributed by atoms with Crippen molar-refractivity contribution >= 4 is 62.4 Å². The Bertz CT molecular complexity index is 2300. The van der Waals surface area contributed by atoms with Crippen molar-refractivity contribution in [1.29, 1.82) is 0 Å². The zero-order chi connectivity index (χ0) is 38.8. The highest BCUT2D eigenvalue weighted by molar-refractivity contribution is 8.08. The zero-order valence-corrected chi connectivity index (χ0v) is 30.9. The van der Waals surface area contributed by atoms with Crippen LogP contribution in [0.5, 0.6) is 0 Å². The van der Waals surface area contributed by atoms with Gasteiger partial charge in [-0.25, -0.2) is 28.0 Å². The van der Waals surface area contributed by atoms with Crippen LogP contribution in [0.4, 0.5) is 5.95 Å². The van der Waals surface area contributed by atoms with Crippen LogP contribution < -0.4 is 21.4 Å². The molecule has 4 aromatic heterocycles. The first-order valence-corrected chi connectivity index (χ1v) is 20.6. The van der Waals surface area contributed by atoms with Crippen molar-refractivity contribution in [2.45, 2.75) is 56.0 Å². The number of aromatic amines is 2. The molecule has 0 spiro atoms. The molecule has 6 rings (SSSR count). The van der Waals surface area contributed by atoms with E-state index in [0.717, 1.165) is 0 Å². The number of aliphatic hydroxyl groups excluding tert-OH is 3. The van der Waals surface area contributed by atoms with E-state index < -0.39 is 95.8 Å². The zero-order valence-electron chi connectivity index (χ0n) is 27.4. The summed E-state index contributed by atoms with van der Waals surface area (Å²) >= 11 is 4.73. The van der Waals surface area contributed by atoms with Gasteiger partial charge in [-0.05, 0) is 18.7 Å². The lowest BCUT2D eigenvalue weighted by molar-refractivity contribution is -0.646. The van der Waals surface area contributed by atoms with Crippen LogP contribution in [0.25, 0.3) is 22.3 Å². The van der Waals surface area contributed by atoms with E-state index in [2.05, 4.69) is 33.5 Å². The highest BCUT2D eigenvalue weighted by Gasteiger charge is 2.50. The summed E-state index contributed by atoms with van der Waals surface area (Å²) in [6, 6.07) is 0. The Labute approximate surface area is 300 Å². The number of methoxy groups -OCH3 is 1. The molecule has 6 heterocycles. The van der Waals surface area contributed by atoms with Crippen LogP contribution in [0, 0.1) is 6.92 Å². The number of ether oxygens (including phenoxy) is 3. The van der Waals surface area contributed by atoms with Crippen LogP contribution in [-0.4, -0.2) is 121 Å². The average Bonchev–Trinajstić information content (AvgIpc) is 3.76. The van der Waals surface area contributed by atoms with E-state index in [-0.39, 0.29) is 34.1 Å². The predicted molar refractivity (Wildman–Crippen MR) is 176 cm³/mol. The third kappa shape index (κ3) is 8.08. The second-order valence-electron chi connectivity index (χ2n) is 11.7. The Morgan fingerprint density at radius 1 is 0.925 bits per heavy atom. The van der Waals surface area contributed by atoms with Gasteiger partial charge < -0.3 is 59.5 Å². The molecule has 292 valence electrons. The van der Waals surface area contributed by atoms with Gasteiger partial charge in [0.15, 0.2) is 17.4 Å². The molecule has 5 unspecified atom stereocenters. The van der Waals surface area contributed by atoms with Crippen molar-refractivity contribution in [1.82, 2.24) is 34.1 Å². The van der Waals surface area contributed by atoms with E-state index in [1.165, 1.54) is 47.4 Å². The predicted octanol–water partition coefficient (Wildman–Crippen LogP) is -3.05. The number of nitrogens with zero attached hydrogens (tertiary/aromatic N) is 6. The number of nitrogen functional groups attached to an aromatic ring is 1. The summed E-state index contributed by atoms with van der Waals surface area (Å²) in [7, 11) is -8.60. The third-order valence-electron chi connectivity index (χ3n) is 8.02. The summed E-state index contributed by atoms with van der Waals surface area (Å²) < 4.78 is 64.3. The molecule has 0 saturated carbocycles. The van der Waals surface area contributed by atoms with Gasteiger partial charge in [0.2, 0.25) is 18.5 Å². The number of imidazole rings is 2. The minimum Gasteiger partial charge on any atom is -0.387 e. The van der Waals surface area contributed by atoms with Crippen LogP contribution in [0.2, 0.25) is 0 Å². The summed E-state index contributed by atoms with van der Waals surface area (Å²) in [5, 5.41) is 32.2. The smallest absolute Gasteiger partial charge is 0.387 e. The molecule has 53 heavy (non-hydrogen) atoms. The number of phosphoric acid groups is 2. The van der Waals surface area contributed by atoms with Gasteiger partial charge in [-0.2, -0.15) is 13.9 Å². The van der Waals surface area contributed by atoms with Crippen LogP contribution in [0.15, 0.2) is 22.2 Å². The average molecular weight is 833 g/mol. The van der Waals surface area contributed by atoms with Gasteiger partial charge >= 0.3 is 27.9 Å². The van der Waals surface area contributed by atoms with Crippen LogP contribution in [-0.2, 0) is 59.9 Å². The first-order chi connectivity index (χ1) is 24.7. The van der Waals surface area contributed by atoms with Gasteiger partial charge in [0.25, 0.3) is 16.7 Å². The second-order valence-corrected chi connectivity index (χ2v) is 17.7. The molecule has 0 aromatic carbocycles. The van der Waals surface area contributed by atoms with Gasteiger partial charge in [0, 0.05) is 7.11 Å². The summed E-state index contributed by atoms with van der Waals surface area (Å²) in [4.78, 5) is 72.4. The second kappa shape index (κ2) is 14.6. The van der Waals surface area contributed by atoms with Crippen LogP contribution >= 0.6 is 22.4 Å². The minimum atomic E-state index is -5.76. The summed E-state index contributed by atoms with van der Waals surface area (Å²) in [5.41, 5.74) is 4.53. The molecule has 0 radical (unpaired) electrons. The quantitative estimate of drug-likeness (QED) is 0.0477. The van der Waals surface area contributed by atoms with E-state index in [9.17, 15) is 48.7 Å². The number of H-pyrrole nitrogens is 2. The number of rotatable bonds is 13. The fraction of sp³-hybridized carbons (Fsp3) is 0.565. The number of aryl methyl sites for hydroxylation is 2. The number of aliphatic hydroxyl groups is 3. The van der Waals surface area contributed by atoms with Crippen molar-refractivity contribution in [3.8, 4) is 0 Å². The lowest BCUT2D eigenvalue weighted by Gasteiger charge is -2.23. The highest BCUT2D eigenvalue weighted by atomic mass is 32.5. The number of nitrogens with one attached hydrogen (secondary N) is 2. The molecule has 4 aromatic rings. The van der Waals surface area contributed by atoms with Crippen molar-refractivity contribution in [2.75, 3.05) is 26.1 Å². The van der Waals surface area contributed by atoms with Crippen molar-refractivity contribution in [3.63, 3.8) is 0 Å². The summed E-state index contributed by atoms with van der Waals surface area (Å²) in [6.07, 6.45) is -8.94. The molecule has 2 saturated heterocycles. The molecule has 0 aliphatic carbocycles. The standard InChI is InChI=1S/C23H32N9O17P3S/c1-8-26-17-11(19(36)27-8)25-6-31(17)22-15(35)16(43-3)10(47-22)5-44-50(38,39)48-51(40,41)49-52(42,53)45-4-9-13(33)14(34)21(46-9)32-7-30(2)12-18(32)28-23(24)29-20(12)37/h6-7,9-10,13-16,21-22,33-35H,4-5H2,1-3H3,(H6-,24,26,27,28,29,36,37,38,39,40,41,42,53)/p+1/t9-,10-,13?,14+,15+,16?,21-,22-,52?/m1/s1. The van der Waals surface area contributed by atoms with Crippen molar-refractivity contribution in [2.24, 2.45) is 7.05 Å². The van der Waals surface area contributed by atoms with Crippen molar-refractivity contribution in [3.05, 3.63) is 39.2 Å². The molecule has 10 N–H and O–H groups in total. The normalized spacial score (nSPS) is 29.8. The number of fused-ring (bicyclic) bond motifs is 2. The fourth-order valence-electron chi connectivity index (χ4n) is 5.81. The van der Waals surface area contributed by atoms with Gasteiger partial charge in [-0.1, -0.05) is 0 Å². The lowest BCUT2D eigenvalue weighted by atomic mass is 10.1. The van der Waals surface area contributed by atoms with Gasteiger partial charge in [-0.3, -0.25) is 23.7 Å². The number of phosphoric ester groups is 1.